The lowest BCUT2D eigenvalue weighted by Crippen LogP contribution is -2.31. The molecule has 1 amide bonds. The number of aliphatic hydroxyl groups is 1. The highest BCUT2D eigenvalue weighted by molar-refractivity contribution is 6.46. The summed E-state index contributed by atoms with van der Waals surface area (Å²) < 4.78 is 13.6. The number of unbranched alkanes of at least 4 members (excludes halogenated alkanes) is 2. The summed E-state index contributed by atoms with van der Waals surface area (Å²) in [4.78, 5) is 32.3. The van der Waals surface area contributed by atoms with Crippen LogP contribution in [0.4, 0.5) is 0 Å². The van der Waals surface area contributed by atoms with Crippen molar-refractivity contribution in [2.24, 2.45) is 0 Å². The first kappa shape index (κ1) is 26.5. The van der Waals surface area contributed by atoms with Crippen LogP contribution >= 0.6 is 0 Å². The zero-order chi connectivity index (χ0) is 27.4. The van der Waals surface area contributed by atoms with E-state index in [4.69, 9.17) is 9.47 Å². The number of hydrogen-bond donors (Lipinski definition) is 1. The Labute approximate surface area is 228 Å². The standard InChI is InChI=1S/C31H35N3O5/c1-3-4-5-17-38-25-10-7-22(8-11-25)28-27(29(35)23-9-12-26-24(19-23)18-21(2)39-26)30(36)31(37)34(28)15-6-14-33-16-13-32-20-33/h7-13,16,19-21,28,35H,3-6,14-15,17-18H2,1-2H3/b29-27+/t21-,28-/m1/s1. The van der Waals surface area contributed by atoms with Crippen LogP contribution in [0.2, 0.25) is 0 Å². The molecule has 8 heteroatoms. The molecule has 0 aliphatic carbocycles. The summed E-state index contributed by atoms with van der Waals surface area (Å²) in [6.45, 7) is 5.79. The molecule has 3 aromatic rings. The minimum absolute atomic E-state index is 0.0566. The maximum absolute atomic E-state index is 13.4. The minimum Gasteiger partial charge on any atom is -0.507 e. The quantitative estimate of drug-likeness (QED) is 0.157. The van der Waals surface area contributed by atoms with Gasteiger partial charge in [-0.1, -0.05) is 31.9 Å². The molecule has 0 bridgehead atoms. The van der Waals surface area contributed by atoms with Gasteiger partial charge in [-0.2, -0.15) is 0 Å². The van der Waals surface area contributed by atoms with Gasteiger partial charge < -0.3 is 24.0 Å². The highest BCUT2D eigenvalue weighted by Gasteiger charge is 2.45. The van der Waals surface area contributed by atoms with E-state index in [9.17, 15) is 14.7 Å². The molecule has 1 aromatic heterocycles. The van der Waals surface area contributed by atoms with Gasteiger partial charge in [0, 0.05) is 37.5 Å². The van der Waals surface area contributed by atoms with Crippen molar-refractivity contribution in [3.8, 4) is 11.5 Å². The molecule has 39 heavy (non-hydrogen) atoms. The van der Waals surface area contributed by atoms with Gasteiger partial charge in [0.05, 0.1) is 24.5 Å². The Morgan fingerprint density at radius 2 is 1.92 bits per heavy atom. The fraction of sp³-hybridized carbons (Fsp3) is 0.387. The summed E-state index contributed by atoms with van der Waals surface area (Å²) in [5, 5.41) is 11.5. The number of rotatable bonds is 11. The number of aromatic nitrogens is 2. The van der Waals surface area contributed by atoms with Crippen LogP contribution in [0.15, 0.2) is 66.8 Å². The van der Waals surface area contributed by atoms with Gasteiger partial charge in [0.1, 0.15) is 23.4 Å². The molecule has 0 saturated carbocycles. The third-order valence-electron chi connectivity index (χ3n) is 7.30. The predicted molar refractivity (Wildman–Crippen MR) is 148 cm³/mol. The summed E-state index contributed by atoms with van der Waals surface area (Å²) in [6, 6.07) is 12.2. The van der Waals surface area contributed by atoms with Crippen molar-refractivity contribution < 1.29 is 24.2 Å². The van der Waals surface area contributed by atoms with E-state index < -0.39 is 17.7 Å². The first-order valence-corrected chi connectivity index (χ1v) is 13.7. The van der Waals surface area contributed by atoms with E-state index in [1.807, 2.05) is 54.1 Å². The largest absolute Gasteiger partial charge is 0.507 e. The van der Waals surface area contributed by atoms with Gasteiger partial charge in [-0.15, -0.1) is 0 Å². The third kappa shape index (κ3) is 5.70. The second-order valence-corrected chi connectivity index (χ2v) is 10.2. The number of ketones is 1. The Morgan fingerprint density at radius 3 is 2.67 bits per heavy atom. The van der Waals surface area contributed by atoms with Gasteiger partial charge in [-0.3, -0.25) is 9.59 Å². The molecule has 204 valence electrons. The van der Waals surface area contributed by atoms with Gasteiger partial charge in [-0.05, 0) is 61.2 Å². The second-order valence-electron chi connectivity index (χ2n) is 10.2. The van der Waals surface area contributed by atoms with E-state index in [2.05, 4.69) is 11.9 Å². The molecule has 0 unspecified atom stereocenters. The van der Waals surface area contributed by atoms with Gasteiger partial charge in [0.25, 0.3) is 11.7 Å². The van der Waals surface area contributed by atoms with Crippen LogP contribution in [0.3, 0.4) is 0 Å². The molecule has 3 heterocycles. The number of fused-ring (bicyclic) bond motifs is 1. The Hall–Kier alpha value is -4.07. The van der Waals surface area contributed by atoms with Gasteiger partial charge in [0.2, 0.25) is 0 Å². The van der Waals surface area contributed by atoms with E-state index >= 15 is 0 Å². The van der Waals surface area contributed by atoms with Crippen molar-refractivity contribution in [3.63, 3.8) is 0 Å². The van der Waals surface area contributed by atoms with Crippen LogP contribution < -0.4 is 9.47 Å². The smallest absolute Gasteiger partial charge is 0.295 e. The highest BCUT2D eigenvalue weighted by atomic mass is 16.5. The zero-order valence-electron chi connectivity index (χ0n) is 22.5. The summed E-state index contributed by atoms with van der Waals surface area (Å²) in [6.07, 6.45) is 9.93. The molecule has 1 N–H and O–H groups in total. The van der Waals surface area contributed by atoms with Crippen molar-refractivity contribution in [2.75, 3.05) is 13.2 Å². The fourth-order valence-corrected chi connectivity index (χ4v) is 5.31. The molecular weight excluding hydrogens is 494 g/mol. The van der Waals surface area contributed by atoms with E-state index in [0.29, 0.717) is 31.7 Å². The second kappa shape index (κ2) is 11.8. The summed E-state index contributed by atoms with van der Waals surface area (Å²) in [5.41, 5.74) is 2.33. The maximum atomic E-state index is 13.4. The number of Topliss-reactive ketones (excluding diaryl/α,β-unsaturated/α-hetero) is 1. The molecule has 1 fully saturated rings. The lowest BCUT2D eigenvalue weighted by atomic mass is 9.94. The molecule has 0 spiro atoms. The number of hydrogen-bond acceptors (Lipinski definition) is 6. The Balaban J connectivity index is 1.46. The fourth-order valence-electron chi connectivity index (χ4n) is 5.31. The van der Waals surface area contributed by atoms with Crippen LogP contribution in [0.25, 0.3) is 5.76 Å². The van der Waals surface area contributed by atoms with Crippen LogP contribution in [-0.4, -0.2) is 50.5 Å². The molecular formula is C31H35N3O5. The number of carbonyl (C=O) groups is 2. The maximum Gasteiger partial charge on any atom is 0.295 e. The number of aliphatic hydroxyl groups excluding tert-OH is 1. The third-order valence-corrected chi connectivity index (χ3v) is 7.30. The summed E-state index contributed by atoms with van der Waals surface area (Å²) in [7, 11) is 0. The van der Waals surface area contributed by atoms with E-state index in [1.165, 1.54) is 0 Å². The average Bonchev–Trinajstić information content (AvgIpc) is 3.65. The van der Waals surface area contributed by atoms with Crippen molar-refractivity contribution in [1.29, 1.82) is 0 Å². The van der Waals surface area contributed by atoms with Crippen LogP contribution in [0.5, 0.6) is 11.5 Å². The normalized spacial score (nSPS) is 19.8. The van der Waals surface area contributed by atoms with Crippen molar-refractivity contribution >= 4 is 17.4 Å². The summed E-state index contributed by atoms with van der Waals surface area (Å²) in [5.74, 6) is 0.0674. The van der Waals surface area contributed by atoms with Crippen LogP contribution in [0.1, 0.15) is 62.3 Å². The van der Waals surface area contributed by atoms with Crippen molar-refractivity contribution in [1.82, 2.24) is 14.5 Å². The molecule has 5 rings (SSSR count). The number of imidazole rings is 1. The van der Waals surface area contributed by atoms with Gasteiger partial charge in [-0.25, -0.2) is 4.98 Å². The minimum atomic E-state index is -0.703. The Morgan fingerprint density at radius 1 is 1.10 bits per heavy atom. The lowest BCUT2D eigenvalue weighted by Gasteiger charge is -2.25. The van der Waals surface area contributed by atoms with Crippen LogP contribution in [-0.2, 0) is 22.6 Å². The number of likely N-dealkylation sites (tertiary alicyclic amines) is 1. The first-order valence-electron chi connectivity index (χ1n) is 13.7. The topological polar surface area (TPSA) is 93.9 Å². The zero-order valence-corrected chi connectivity index (χ0v) is 22.5. The highest BCUT2D eigenvalue weighted by Crippen LogP contribution is 2.41. The number of ether oxygens (including phenoxy) is 2. The first-order chi connectivity index (χ1) is 19.0. The molecule has 8 nitrogen and oxygen atoms in total. The molecule has 1 saturated heterocycles. The Bertz CT molecular complexity index is 1350. The molecule has 2 aliphatic rings. The SMILES string of the molecule is CCCCCOc1ccc([C@@H]2/C(=C(\O)c3ccc4c(c3)C[C@@H](C)O4)C(=O)C(=O)N2CCCn2ccnc2)cc1. The molecule has 0 radical (unpaired) electrons. The number of carbonyl (C=O) groups excluding carboxylic acids is 2. The van der Waals surface area contributed by atoms with Gasteiger partial charge in [0.15, 0.2) is 0 Å². The molecule has 2 atom stereocenters. The number of aryl methyl sites for hydroxylation is 1. The van der Waals surface area contributed by atoms with E-state index in [-0.39, 0.29) is 17.4 Å². The van der Waals surface area contributed by atoms with Crippen LogP contribution in [0, 0.1) is 0 Å². The molecule has 2 aromatic carbocycles. The average molecular weight is 530 g/mol. The summed E-state index contributed by atoms with van der Waals surface area (Å²) >= 11 is 0. The van der Waals surface area contributed by atoms with Crippen molar-refractivity contribution in [2.45, 2.75) is 64.6 Å². The van der Waals surface area contributed by atoms with Crippen molar-refractivity contribution in [3.05, 3.63) is 83.4 Å². The number of benzene rings is 2. The monoisotopic (exact) mass is 529 g/mol. The van der Waals surface area contributed by atoms with E-state index in [1.54, 1.807) is 23.5 Å². The predicted octanol–water partition coefficient (Wildman–Crippen LogP) is 5.29. The van der Waals surface area contributed by atoms with Gasteiger partial charge >= 0.3 is 0 Å². The van der Waals surface area contributed by atoms with E-state index in [0.717, 1.165) is 48.3 Å². The lowest BCUT2D eigenvalue weighted by molar-refractivity contribution is -0.139. The Kier molecular flexibility index (Phi) is 8.00. The molecule has 2 aliphatic heterocycles. The number of amides is 1. The number of nitrogens with zero attached hydrogens (tertiary/aromatic N) is 3.